The Morgan fingerprint density at radius 3 is 2.48 bits per heavy atom. The maximum absolute atomic E-state index is 11.5. The van der Waals surface area contributed by atoms with Crippen LogP contribution in [0.25, 0.3) is 11.2 Å². The Hall–Kier alpha value is -2.73. The second-order valence-corrected chi connectivity index (χ2v) is 10.2. The molecule has 0 fully saturated rings. The van der Waals surface area contributed by atoms with Gasteiger partial charge >= 0.3 is 0 Å². The van der Waals surface area contributed by atoms with E-state index in [1.54, 1.807) is 0 Å². The lowest BCUT2D eigenvalue weighted by atomic mass is 10.2. The van der Waals surface area contributed by atoms with Gasteiger partial charge in [-0.2, -0.15) is 15.1 Å². The van der Waals surface area contributed by atoms with Crippen molar-refractivity contribution in [3.63, 3.8) is 0 Å². The number of imidazole rings is 1. The van der Waals surface area contributed by atoms with Crippen molar-refractivity contribution in [1.82, 2.24) is 29.3 Å². The van der Waals surface area contributed by atoms with Gasteiger partial charge in [-0.3, -0.25) is 4.68 Å². The molecule has 4 N–H and O–H groups in total. The Labute approximate surface area is 182 Å². The Kier molecular flexibility index (Phi) is 6.51. The molecule has 3 heterocycles. The van der Waals surface area contributed by atoms with Gasteiger partial charge in [0.2, 0.25) is 16.0 Å². The molecule has 3 aromatic heterocycles. The number of hydrogen-bond acceptors (Lipinski definition) is 8. The van der Waals surface area contributed by atoms with Gasteiger partial charge in [0.05, 0.1) is 11.4 Å². The van der Waals surface area contributed by atoms with Crippen LogP contribution in [0, 0.1) is 19.8 Å². The molecule has 0 aliphatic carbocycles. The Morgan fingerprint density at radius 2 is 1.84 bits per heavy atom. The molecular formula is C19H31N9O2S. The molecule has 0 radical (unpaired) electrons. The molecule has 0 saturated carbocycles. The molecule has 31 heavy (non-hydrogen) atoms. The SMILES string of the molecule is Cc1c(CNc2nc(NC[C@@H](C)S(N)(=O)=O)nc3nc(C)n(C)c23)cnn1CC(C)C. The molecular weight excluding hydrogens is 418 g/mol. The van der Waals surface area contributed by atoms with E-state index in [2.05, 4.69) is 51.5 Å². The number of fused-ring (bicyclic) bond motifs is 1. The van der Waals surface area contributed by atoms with E-state index >= 15 is 0 Å². The third-order valence-corrected chi connectivity index (χ3v) is 6.54. The van der Waals surface area contributed by atoms with Gasteiger partial charge in [-0.15, -0.1) is 0 Å². The van der Waals surface area contributed by atoms with Gasteiger partial charge < -0.3 is 15.2 Å². The summed E-state index contributed by atoms with van der Waals surface area (Å²) in [6, 6.07) is 0. The van der Waals surface area contributed by atoms with E-state index < -0.39 is 15.3 Å². The zero-order valence-corrected chi connectivity index (χ0v) is 19.7. The van der Waals surface area contributed by atoms with E-state index in [1.165, 1.54) is 6.92 Å². The van der Waals surface area contributed by atoms with Crippen LogP contribution in [0.2, 0.25) is 0 Å². The third-order valence-electron chi connectivity index (χ3n) is 5.25. The van der Waals surface area contributed by atoms with Crippen molar-refractivity contribution < 1.29 is 8.42 Å². The minimum atomic E-state index is -3.65. The maximum Gasteiger partial charge on any atom is 0.226 e. The number of aryl methyl sites for hydroxylation is 2. The lowest BCUT2D eigenvalue weighted by Gasteiger charge is -2.13. The van der Waals surface area contributed by atoms with Crippen LogP contribution in [0.5, 0.6) is 0 Å². The van der Waals surface area contributed by atoms with E-state index in [0.717, 1.165) is 29.1 Å². The highest BCUT2D eigenvalue weighted by atomic mass is 32.2. The van der Waals surface area contributed by atoms with Gasteiger partial charge in [-0.25, -0.2) is 18.5 Å². The van der Waals surface area contributed by atoms with Crippen LogP contribution >= 0.6 is 0 Å². The molecule has 0 bridgehead atoms. The second-order valence-electron chi connectivity index (χ2n) is 8.25. The zero-order chi connectivity index (χ0) is 22.9. The lowest BCUT2D eigenvalue weighted by molar-refractivity contribution is 0.474. The molecule has 0 amide bonds. The van der Waals surface area contributed by atoms with Crippen molar-refractivity contribution in [2.24, 2.45) is 18.1 Å². The molecule has 0 saturated heterocycles. The molecule has 11 nitrogen and oxygen atoms in total. The van der Waals surface area contributed by atoms with Crippen LogP contribution in [-0.4, -0.2) is 49.5 Å². The Bertz CT molecular complexity index is 1180. The van der Waals surface area contributed by atoms with E-state index in [1.807, 2.05) is 29.4 Å². The van der Waals surface area contributed by atoms with E-state index in [4.69, 9.17) is 5.14 Å². The quantitative estimate of drug-likeness (QED) is 0.446. The summed E-state index contributed by atoms with van der Waals surface area (Å²) < 4.78 is 26.9. The summed E-state index contributed by atoms with van der Waals surface area (Å²) in [6.45, 7) is 11.3. The molecule has 170 valence electrons. The second kappa shape index (κ2) is 8.79. The predicted molar refractivity (Wildman–Crippen MR) is 121 cm³/mol. The van der Waals surface area contributed by atoms with Gasteiger partial charge in [0.25, 0.3) is 0 Å². The Balaban J connectivity index is 1.87. The summed E-state index contributed by atoms with van der Waals surface area (Å²) in [6.07, 6.45) is 1.87. The number of rotatable bonds is 9. The minimum Gasteiger partial charge on any atom is -0.364 e. The van der Waals surface area contributed by atoms with Crippen molar-refractivity contribution in [3.05, 3.63) is 23.3 Å². The summed E-state index contributed by atoms with van der Waals surface area (Å²) in [7, 11) is -1.74. The van der Waals surface area contributed by atoms with Crippen LogP contribution in [-0.2, 0) is 30.2 Å². The van der Waals surface area contributed by atoms with Gasteiger partial charge in [0.15, 0.2) is 11.5 Å². The number of nitrogens with two attached hydrogens (primary N) is 1. The van der Waals surface area contributed by atoms with Crippen LogP contribution in [0.4, 0.5) is 11.8 Å². The van der Waals surface area contributed by atoms with Crippen molar-refractivity contribution >= 4 is 33.0 Å². The Morgan fingerprint density at radius 1 is 1.13 bits per heavy atom. The summed E-state index contributed by atoms with van der Waals surface area (Å²) in [5, 5.41) is 15.2. The summed E-state index contributed by atoms with van der Waals surface area (Å²) in [5.74, 6) is 2.20. The van der Waals surface area contributed by atoms with Crippen molar-refractivity contribution in [1.29, 1.82) is 0 Å². The van der Waals surface area contributed by atoms with Crippen molar-refractivity contribution in [3.8, 4) is 0 Å². The number of aromatic nitrogens is 6. The predicted octanol–water partition coefficient (Wildman–Crippen LogP) is 1.53. The van der Waals surface area contributed by atoms with Gasteiger partial charge in [-0.1, -0.05) is 13.8 Å². The number of anilines is 2. The van der Waals surface area contributed by atoms with Crippen molar-refractivity contribution in [2.45, 2.75) is 53.0 Å². The minimum absolute atomic E-state index is 0.0939. The fraction of sp³-hybridized carbons (Fsp3) is 0.579. The third kappa shape index (κ3) is 5.13. The van der Waals surface area contributed by atoms with Crippen LogP contribution in [0.15, 0.2) is 6.20 Å². The molecule has 0 aromatic carbocycles. The van der Waals surface area contributed by atoms with Crippen LogP contribution in [0.3, 0.4) is 0 Å². The highest BCUT2D eigenvalue weighted by Gasteiger charge is 2.18. The number of nitrogens with one attached hydrogen (secondary N) is 2. The first kappa shape index (κ1) is 22.9. The average Bonchev–Trinajstić information content (AvgIpc) is 3.16. The molecule has 1 atom stereocenters. The monoisotopic (exact) mass is 449 g/mol. The summed E-state index contributed by atoms with van der Waals surface area (Å²) in [5.41, 5.74) is 3.47. The highest BCUT2D eigenvalue weighted by molar-refractivity contribution is 7.89. The van der Waals surface area contributed by atoms with E-state index in [-0.39, 0.29) is 12.5 Å². The molecule has 0 spiro atoms. The largest absolute Gasteiger partial charge is 0.364 e. The number of sulfonamides is 1. The fourth-order valence-electron chi connectivity index (χ4n) is 3.14. The maximum atomic E-state index is 11.5. The van der Waals surface area contributed by atoms with E-state index in [9.17, 15) is 8.42 Å². The molecule has 0 aliphatic heterocycles. The van der Waals surface area contributed by atoms with Gasteiger partial charge in [0.1, 0.15) is 11.3 Å². The normalized spacial score (nSPS) is 13.2. The molecule has 0 unspecified atom stereocenters. The topological polar surface area (TPSA) is 146 Å². The summed E-state index contributed by atoms with van der Waals surface area (Å²) in [4.78, 5) is 13.5. The molecule has 0 aliphatic rings. The first-order chi connectivity index (χ1) is 14.5. The average molecular weight is 450 g/mol. The summed E-state index contributed by atoms with van der Waals surface area (Å²) >= 11 is 0. The highest BCUT2D eigenvalue weighted by Crippen LogP contribution is 2.23. The molecule has 3 rings (SSSR count). The zero-order valence-electron chi connectivity index (χ0n) is 18.8. The van der Waals surface area contributed by atoms with Crippen LogP contribution in [0.1, 0.15) is 37.9 Å². The lowest BCUT2D eigenvalue weighted by Crippen LogP contribution is -2.32. The van der Waals surface area contributed by atoms with Crippen LogP contribution < -0.4 is 15.8 Å². The molecule has 12 heteroatoms. The van der Waals surface area contributed by atoms with E-state index in [0.29, 0.717) is 23.9 Å². The van der Waals surface area contributed by atoms with Crippen molar-refractivity contribution in [2.75, 3.05) is 17.2 Å². The number of hydrogen-bond donors (Lipinski definition) is 3. The smallest absolute Gasteiger partial charge is 0.226 e. The first-order valence-corrected chi connectivity index (χ1v) is 11.8. The number of primary sulfonamides is 1. The molecule has 3 aromatic rings. The standard InChI is InChI=1S/C19H31N9O2S/c1-11(2)10-28-13(4)15(9-23-28)8-21-17-16-18(24-14(5)27(16)6)26-19(25-17)22-7-12(3)31(20,29)30/h9,11-12H,7-8,10H2,1-6H3,(H2,20,29,30)(H2,21,22,25,26)/t12-/m1/s1. The fourth-order valence-corrected chi connectivity index (χ4v) is 3.46. The van der Waals surface area contributed by atoms with Gasteiger partial charge in [0, 0.05) is 37.9 Å². The number of nitrogens with zero attached hydrogens (tertiary/aromatic N) is 6. The van der Waals surface area contributed by atoms with Gasteiger partial charge in [-0.05, 0) is 26.7 Å². The first-order valence-electron chi connectivity index (χ1n) is 10.2.